The Morgan fingerprint density at radius 2 is 1.86 bits per heavy atom. The Hall–Kier alpha value is -3.35. The Balaban J connectivity index is 1.29. The van der Waals surface area contributed by atoms with Crippen molar-refractivity contribution >= 4 is 11.7 Å². The molecule has 1 aliphatic rings. The number of nitrogens with zero attached hydrogens (tertiary/aromatic N) is 4. The van der Waals surface area contributed by atoms with E-state index in [1.807, 2.05) is 53.4 Å². The van der Waals surface area contributed by atoms with E-state index in [4.69, 9.17) is 9.15 Å². The minimum Gasteiger partial charge on any atom is -0.483 e. The molecule has 4 rings (SSSR count). The van der Waals surface area contributed by atoms with E-state index in [1.165, 1.54) is 0 Å². The fourth-order valence-corrected chi connectivity index (χ4v) is 3.40. The maximum Gasteiger partial charge on any atom is 0.260 e. The number of hydrogen-bond acceptors (Lipinski definition) is 6. The third kappa shape index (κ3) is 4.39. The highest BCUT2D eigenvalue weighted by Crippen LogP contribution is 2.20. The van der Waals surface area contributed by atoms with Crippen LogP contribution in [0.25, 0.3) is 11.5 Å². The molecule has 1 fully saturated rings. The van der Waals surface area contributed by atoms with Crippen LogP contribution in [0.1, 0.15) is 12.5 Å². The van der Waals surface area contributed by atoms with E-state index in [2.05, 4.69) is 22.0 Å². The summed E-state index contributed by atoms with van der Waals surface area (Å²) in [7, 11) is 0. The second-order valence-electron chi connectivity index (χ2n) is 6.87. The molecule has 3 aromatic rings. The van der Waals surface area contributed by atoms with Gasteiger partial charge in [0.1, 0.15) is 11.4 Å². The molecular weight excluding hydrogens is 368 g/mol. The predicted octanol–water partition coefficient (Wildman–Crippen LogP) is 3.03. The van der Waals surface area contributed by atoms with E-state index in [0.717, 1.165) is 23.6 Å². The van der Waals surface area contributed by atoms with Crippen LogP contribution in [0.3, 0.4) is 0 Å². The van der Waals surface area contributed by atoms with Gasteiger partial charge in [-0.05, 0) is 42.3 Å². The van der Waals surface area contributed by atoms with Crippen LogP contribution < -0.4 is 9.64 Å². The summed E-state index contributed by atoms with van der Waals surface area (Å²) in [5, 5.41) is 8.55. The summed E-state index contributed by atoms with van der Waals surface area (Å²) in [4.78, 5) is 16.5. The molecule has 0 atom stereocenters. The summed E-state index contributed by atoms with van der Waals surface area (Å²) in [5.41, 5.74) is 1.82. The van der Waals surface area contributed by atoms with Gasteiger partial charge in [0.2, 0.25) is 0 Å². The van der Waals surface area contributed by atoms with Crippen molar-refractivity contribution in [3.8, 4) is 17.2 Å². The van der Waals surface area contributed by atoms with Gasteiger partial charge < -0.3 is 19.0 Å². The normalized spacial score (nSPS) is 14.1. The summed E-state index contributed by atoms with van der Waals surface area (Å²) >= 11 is 0. The fraction of sp³-hybridized carbons (Fsp3) is 0.318. The third-order valence-electron chi connectivity index (χ3n) is 5.09. The van der Waals surface area contributed by atoms with Crippen molar-refractivity contribution in [1.82, 2.24) is 15.1 Å². The van der Waals surface area contributed by atoms with Gasteiger partial charge in [0, 0.05) is 26.2 Å². The number of rotatable bonds is 6. The average Bonchev–Trinajstić information content (AvgIpc) is 3.33. The van der Waals surface area contributed by atoms with Crippen LogP contribution in [0.4, 0.5) is 5.82 Å². The van der Waals surface area contributed by atoms with Gasteiger partial charge in [0.25, 0.3) is 5.91 Å². The van der Waals surface area contributed by atoms with Crippen LogP contribution in [0.5, 0.6) is 5.75 Å². The zero-order valence-electron chi connectivity index (χ0n) is 16.5. The van der Waals surface area contributed by atoms with Crippen molar-refractivity contribution < 1.29 is 13.9 Å². The quantitative estimate of drug-likeness (QED) is 0.642. The lowest BCUT2D eigenvalue weighted by Gasteiger charge is -2.35. The molecule has 7 heteroatoms. The third-order valence-corrected chi connectivity index (χ3v) is 5.09. The van der Waals surface area contributed by atoms with Crippen LogP contribution in [-0.4, -0.2) is 53.8 Å². The Labute approximate surface area is 169 Å². The molecule has 1 saturated heterocycles. The zero-order valence-corrected chi connectivity index (χ0v) is 16.5. The molecule has 29 heavy (non-hydrogen) atoms. The topological polar surface area (TPSA) is 71.7 Å². The van der Waals surface area contributed by atoms with Gasteiger partial charge in [-0.15, -0.1) is 10.2 Å². The highest BCUT2D eigenvalue weighted by Gasteiger charge is 2.22. The number of amides is 1. The molecule has 150 valence electrons. The molecule has 0 radical (unpaired) electrons. The molecule has 0 saturated carbocycles. The van der Waals surface area contributed by atoms with Crippen molar-refractivity contribution in [2.75, 3.05) is 37.7 Å². The molecule has 3 heterocycles. The number of aromatic nitrogens is 2. The number of benzene rings is 1. The van der Waals surface area contributed by atoms with Crippen molar-refractivity contribution in [1.29, 1.82) is 0 Å². The van der Waals surface area contributed by atoms with Gasteiger partial charge in [-0.1, -0.05) is 25.1 Å². The summed E-state index contributed by atoms with van der Waals surface area (Å²) in [6.07, 6.45) is 2.49. The molecule has 1 aromatic carbocycles. The maximum absolute atomic E-state index is 12.5. The first-order chi connectivity index (χ1) is 14.2. The first-order valence-electron chi connectivity index (χ1n) is 9.85. The second kappa shape index (κ2) is 8.77. The number of furan rings is 1. The number of aryl methyl sites for hydroxylation is 1. The largest absolute Gasteiger partial charge is 0.483 e. The predicted molar refractivity (Wildman–Crippen MR) is 110 cm³/mol. The molecule has 0 bridgehead atoms. The van der Waals surface area contributed by atoms with Crippen LogP contribution >= 0.6 is 0 Å². The molecule has 2 aromatic heterocycles. The van der Waals surface area contributed by atoms with Crippen LogP contribution in [0.2, 0.25) is 0 Å². The monoisotopic (exact) mass is 392 g/mol. The molecule has 0 unspecified atom stereocenters. The van der Waals surface area contributed by atoms with Crippen LogP contribution in [-0.2, 0) is 11.2 Å². The van der Waals surface area contributed by atoms with Gasteiger partial charge in [-0.3, -0.25) is 4.79 Å². The first-order valence-corrected chi connectivity index (χ1v) is 9.85. The van der Waals surface area contributed by atoms with Crippen molar-refractivity contribution in [2.45, 2.75) is 13.3 Å². The highest BCUT2D eigenvalue weighted by molar-refractivity contribution is 5.78. The Morgan fingerprint density at radius 3 is 2.55 bits per heavy atom. The summed E-state index contributed by atoms with van der Waals surface area (Å²) in [6.45, 7) is 4.85. The molecule has 1 aliphatic heterocycles. The summed E-state index contributed by atoms with van der Waals surface area (Å²) in [6, 6.07) is 15.4. The molecule has 0 aliphatic carbocycles. The fourth-order valence-electron chi connectivity index (χ4n) is 3.40. The Kier molecular flexibility index (Phi) is 5.74. The van der Waals surface area contributed by atoms with Crippen molar-refractivity contribution in [3.05, 3.63) is 60.4 Å². The van der Waals surface area contributed by atoms with E-state index >= 15 is 0 Å². The lowest BCUT2D eigenvalue weighted by atomic mass is 10.1. The Morgan fingerprint density at radius 1 is 1.03 bits per heavy atom. The summed E-state index contributed by atoms with van der Waals surface area (Å²) < 4.78 is 11.1. The van der Waals surface area contributed by atoms with E-state index in [1.54, 1.807) is 6.26 Å². The number of carbonyl (C=O) groups is 1. The van der Waals surface area contributed by atoms with Crippen LogP contribution in [0.15, 0.2) is 59.2 Å². The molecular formula is C22H24N4O3. The molecule has 0 spiro atoms. The highest BCUT2D eigenvalue weighted by atomic mass is 16.5. The van der Waals surface area contributed by atoms with E-state index in [0.29, 0.717) is 37.6 Å². The Bertz CT molecular complexity index is 933. The number of carbonyl (C=O) groups excluding carboxylic acids is 1. The maximum atomic E-state index is 12.5. The lowest BCUT2D eigenvalue weighted by Crippen LogP contribution is -2.50. The van der Waals surface area contributed by atoms with Crippen molar-refractivity contribution in [2.24, 2.45) is 0 Å². The SMILES string of the molecule is CCc1ccccc1OCC(=O)N1CCN(c2ccc(-c3ccco3)nn2)CC1. The van der Waals surface area contributed by atoms with Gasteiger partial charge in [-0.25, -0.2) is 0 Å². The molecule has 1 amide bonds. The van der Waals surface area contributed by atoms with Crippen LogP contribution in [0, 0.1) is 0 Å². The first kappa shape index (κ1) is 19.0. The number of hydrogen-bond donors (Lipinski definition) is 0. The lowest BCUT2D eigenvalue weighted by molar-refractivity contribution is -0.133. The number of ether oxygens (including phenoxy) is 1. The van der Waals surface area contributed by atoms with Crippen molar-refractivity contribution in [3.63, 3.8) is 0 Å². The van der Waals surface area contributed by atoms with E-state index < -0.39 is 0 Å². The average molecular weight is 392 g/mol. The number of para-hydroxylation sites is 1. The van der Waals surface area contributed by atoms with Gasteiger partial charge >= 0.3 is 0 Å². The van der Waals surface area contributed by atoms with E-state index in [-0.39, 0.29) is 12.5 Å². The number of piperazine rings is 1. The summed E-state index contributed by atoms with van der Waals surface area (Å²) in [5.74, 6) is 2.30. The van der Waals surface area contributed by atoms with Gasteiger partial charge in [-0.2, -0.15) is 0 Å². The van der Waals surface area contributed by atoms with E-state index in [9.17, 15) is 4.79 Å². The van der Waals surface area contributed by atoms with Gasteiger partial charge in [0.05, 0.1) is 6.26 Å². The van der Waals surface area contributed by atoms with Gasteiger partial charge in [0.15, 0.2) is 18.2 Å². The zero-order chi connectivity index (χ0) is 20.1. The minimum atomic E-state index is 0.00908. The number of anilines is 1. The molecule has 0 N–H and O–H groups in total. The molecule has 7 nitrogen and oxygen atoms in total. The smallest absolute Gasteiger partial charge is 0.260 e. The standard InChI is InChI=1S/C22H24N4O3/c1-2-17-6-3-4-7-19(17)29-16-22(27)26-13-11-25(12-14-26)21-10-9-18(23-24-21)20-8-5-15-28-20/h3-10,15H,2,11-14,16H2,1H3. The second-order valence-corrected chi connectivity index (χ2v) is 6.87. The minimum absolute atomic E-state index is 0.00908.